The molecular weight excluding hydrogens is 558 g/mol. The van der Waals surface area contributed by atoms with Crippen LogP contribution in [0.25, 0.3) is 6.08 Å². The zero-order valence-electron chi connectivity index (χ0n) is 21.5. The fourth-order valence-electron chi connectivity index (χ4n) is 4.23. The van der Waals surface area contributed by atoms with E-state index < -0.39 is 12.0 Å². The molecule has 8 nitrogen and oxygen atoms in total. The highest BCUT2D eigenvalue weighted by molar-refractivity contribution is 9.10. The normalized spacial score (nSPS) is 15.2. The molecule has 2 heterocycles. The van der Waals surface area contributed by atoms with Gasteiger partial charge in [-0.15, -0.1) is 0 Å². The molecule has 0 amide bonds. The smallest absolute Gasteiger partial charge is 0.338 e. The monoisotopic (exact) mass is 585 g/mol. The van der Waals surface area contributed by atoms with Crippen molar-refractivity contribution in [3.8, 4) is 11.5 Å². The Bertz CT molecular complexity index is 1550. The molecule has 1 atom stereocenters. The molecule has 0 spiro atoms. The topological polar surface area (TPSA) is 82.4 Å². The second kappa shape index (κ2) is 10.9. The Morgan fingerprint density at radius 1 is 1.19 bits per heavy atom. The summed E-state index contributed by atoms with van der Waals surface area (Å²) in [6, 6.07) is 10.8. The number of rotatable bonds is 7. The van der Waals surface area contributed by atoms with Crippen LogP contribution in [0.15, 0.2) is 61.9 Å². The third-order valence-electron chi connectivity index (χ3n) is 6.00. The largest absolute Gasteiger partial charge is 0.493 e. The average Bonchev–Trinajstić information content (AvgIpc) is 3.17. The van der Waals surface area contributed by atoms with Crippen molar-refractivity contribution in [2.45, 2.75) is 19.9 Å². The summed E-state index contributed by atoms with van der Waals surface area (Å²) in [6.07, 6.45) is 1.78. The minimum absolute atomic E-state index is 0.223. The first kappa shape index (κ1) is 26.7. The van der Waals surface area contributed by atoms with Crippen molar-refractivity contribution >= 4 is 45.0 Å². The van der Waals surface area contributed by atoms with Gasteiger partial charge in [0.1, 0.15) is 0 Å². The van der Waals surface area contributed by atoms with E-state index in [1.165, 1.54) is 11.3 Å². The maximum Gasteiger partial charge on any atom is 0.338 e. The fourth-order valence-corrected chi connectivity index (χ4v) is 5.90. The second-order valence-corrected chi connectivity index (χ2v) is 10.4. The van der Waals surface area contributed by atoms with Crippen molar-refractivity contribution in [1.29, 1.82) is 0 Å². The maximum absolute atomic E-state index is 13.8. The fraction of sp³-hybridized carbons (Fsp3) is 0.296. The van der Waals surface area contributed by atoms with Crippen LogP contribution in [0.3, 0.4) is 0 Å². The van der Waals surface area contributed by atoms with Crippen LogP contribution in [0.2, 0.25) is 0 Å². The minimum Gasteiger partial charge on any atom is -0.493 e. The highest BCUT2D eigenvalue weighted by atomic mass is 79.9. The molecular formula is C27H28BrN3O5S. The number of allylic oxidation sites excluding steroid dienone is 1. The van der Waals surface area contributed by atoms with Crippen molar-refractivity contribution < 1.29 is 19.0 Å². The van der Waals surface area contributed by atoms with E-state index in [0.717, 1.165) is 16.8 Å². The first-order chi connectivity index (χ1) is 17.7. The number of ether oxygens (including phenoxy) is 3. The number of hydrogen-bond donors (Lipinski definition) is 0. The molecule has 1 unspecified atom stereocenters. The summed E-state index contributed by atoms with van der Waals surface area (Å²) in [6.45, 7) is 3.75. The number of esters is 1. The lowest BCUT2D eigenvalue weighted by atomic mass is 9.95. The van der Waals surface area contributed by atoms with E-state index in [-0.39, 0.29) is 12.2 Å². The van der Waals surface area contributed by atoms with Gasteiger partial charge in [0.2, 0.25) is 0 Å². The molecule has 0 fully saturated rings. The van der Waals surface area contributed by atoms with Crippen LogP contribution >= 0.6 is 27.3 Å². The molecule has 0 aliphatic carbocycles. The molecule has 0 bridgehead atoms. The lowest BCUT2D eigenvalue weighted by Crippen LogP contribution is -2.39. The van der Waals surface area contributed by atoms with Gasteiger partial charge in [-0.3, -0.25) is 9.36 Å². The van der Waals surface area contributed by atoms with E-state index in [4.69, 9.17) is 14.2 Å². The number of thiazole rings is 1. The molecule has 1 aliphatic heterocycles. The van der Waals surface area contributed by atoms with Gasteiger partial charge in [0.05, 0.1) is 47.1 Å². The predicted octanol–water partition coefficient (Wildman–Crippen LogP) is 3.64. The number of hydrogen-bond acceptors (Lipinski definition) is 8. The van der Waals surface area contributed by atoms with Crippen molar-refractivity contribution in [2.24, 2.45) is 4.99 Å². The van der Waals surface area contributed by atoms with Gasteiger partial charge < -0.3 is 19.1 Å². The standard InChI is InChI=1S/C27H28BrN3O5S/c1-7-36-26(33)22-15(2)29-27-31(23(22)17-8-10-18(11-9-17)30(3)4)25(32)21(37-27)14-16-12-19(28)24(35-6)20(13-16)34-5/h8-14,23H,7H2,1-6H3. The van der Waals surface area contributed by atoms with Gasteiger partial charge in [-0.25, -0.2) is 9.79 Å². The summed E-state index contributed by atoms with van der Waals surface area (Å²) >= 11 is 4.78. The first-order valence-electron chi connectivity index (χ1n) is 11.6. The van der Waals surface area contributed by atoms with Crippen LogP contribution in [0, 0.1) is 0 Å². The van der Waals surface area contributed by atoms with Gasteiger partial charge in [0.15, 0.2) is 16.3 Å². The highest BCUT2D eigenvalue weighted by Gasteiger charge is 2.33. The summed E-state index contributed by atoms with van der Waals surface area (Å²) in [4.78, 5) is 34.0. The van der Waals surface area contributed by atoms with Crippen molar-refractivity contribution in [3.63, 3.8) is 0 Å². The van der Waals surface area contributed by atoms with Crippen LogP contribution in [0.5, 0.6) is 11.5 Å². The van der Waals surface area contributed by atoms with Crippen molar-refractivity contribution in [3.05, 3.63) is 83.0 Å². The molecule has 10 heteroatoms. The van der Waals surface area contributed by atoms with E-state index in [1.54, 1.807) is 44.8 Å². The Balaban J connectivity index is 1.93. The molecule has 0 saturated heterocycles. The summed E-state index contributed by atoms with van der Waals surface area (Å²) in [5, 5.41) is 0. The molecule has 3 aromatic rings. The third-order valence-corrected chi connectivity index (χ3v) is 7.57. The van der Waals surface area contributed by atoms with Gasteiger partial charge in [-0.1, -0.05) is 23.5 Å². The lowest BCUT2D eigenvalue weighted by molar-refractivity contribution is -0.139. The molecule has 0 saturated carbocycles. The predicted molar refractivity (Wildman–Crippen MR) is 148 cm³/mol. The highest BCUT2D eigenvalue weighted by Crippen LogP contribution is 2.36. The number of methoxy groups -OCH3 is 2. The zero-order valence-corrected chi connectivity index (χ0v) is 23.9. The Kier molecular flexibility index (Phi) is 7.89. The molecule has 0 radical (unpaired) electrons. The van der Waals surface area contributed by atoms with Gasteiger partial charge in [-0.2, -0.15) is 0 Å². The van der Waals surface area contributed by atoms with E-state index >= 15 is 0 Å². The Morgan fingerprint density at radius 3 is 2.49 bits per heavy atom. The Morgan fingerprint density at radius 2 is 1.89 bits per heavy atom. The van der Waals surface area contributed by atoms with Crippen LogP contribution in [-0.4, -0.2) is 45.5 Å². The SMILES string of the molecule is CCOC(=O)C1=C(C)N=c2sc(=Cc3cc(Br)c(OC)c(OC)c3)c(=O)n2C1c1ccc(N(C)C)cc1. The van der Waals surface area contributed by atoms with E-state index in [9.17, 15) is 9.59 Å². The van der Waals surface area contributed by atoms with Crippen LogP contribution < -0.4 is 29.3 Å². The summed E-state index contributed by atoms with van der Waals surface area (Å²) in [5.41, 5.74) is 3.20. The number of fused-ring (bicyclic) bond motifs is 1. The zero-order chi connectivity index (χ0) is 26.9. The Hall–Kier alpha value is -3.37. The van der Waals surface area contributed by atoms with Crippen LogP contribution in [0.1, 0.15) is 31.0 Å². The molecule has 1 aromatic heterocycles. The molecule has 4 rings (SSSR count). The number of benzene rings is 2. The molecule has 1 aliphatic rings. The van der Waals surface area contributed by atoms with Crippen molar-refractivity contribution in [2.75, 3.05) is 39.8 Å². The Labute approximate surface area is 227 Å². The van der Waals surface area contributed by atoms with Crippen LogP contribution in [-0.2, 0) is 9.53 Å². The first-order valence-corrected chi connectivity index (χ1v) is 13.2. The molecule has 0 N–H and O–H groups in total. The number of carbonyl (C=O) groups is 1. The van der Waals surface area contributed by atoms with Gasteiger partial charge >= 0.3 is 5.97 Å². The third kappa shape index (κ3) is 5.08. The van der Waals surface area contributed by atoms with Crippen molar-refractivity contribution in [1.82, 2.24) is 4.57 Å². The van der Waals surface area contributed by atoms with E-state index in [1.807, 2.05) is 49.3 Å². The number of nitrogens with zero attached hydrogens (tertiary/aromatic N) is 3. The molecule has 37 heavy (non-hydrogen) atoms. The van der Waals surface area contributed by atoms with Gasteiger partial charge in [-0.05, 0) is 71.2 Å². The molecule has 2 aromatic carbocycles. The lowest BCUT2D eigenvalue weighted by Gasteiger charge is -2.25. The summed E-state index contributed by atoms with van der Waals surface area (Å²) in [5.74, 6) is 0.621. The minimum atomic E-state index is -0.661. The van der Waals surface area contributed by atoms with E-state index in [2.05, 4.69) is 20.9 Å². The quantitative estimate of drug-likeness (QED) is 0.394. The number of aromatic nitrogens is 1. The number of halogens is 1. The summed E-state index contributed by atoms with van der Waals surface area (Å²) < 4.78 is 19.0. The van der Waals surface area contributed by atoms with Gasteiger partial charge in [0, 0.05) is 19.8 Å². The van der Waals surface area contributed by atoms with E-state index in [0.29, 0.717) is 36.6 Å². The second-order valence-electron chi connectivity index (χ2n) is 8.53. The number of carbonyl (C=O) groups excluding carboxylic acids is 1. The number of anilines is 1. The average molecular weight is 587 g/mol. The summed E-state index contributed by atoms with van der Waals surface area (Å²) in [7, 11) is 7.04. The molecule has 194 valence electrons. The van der Waals surface area contributed by atoms with Gasteiger partial charge in [0.25, 0.3) is 5.56 Å². The van der Waals surface area contributed by atoms with Crippen LogP contribution in [0.4, 0.5) is 5.69 Å². The maximum atomic E-state index is 13.8.